The largest absolute Gasteiger partial charge is 0.308 e. The van der Waals surface area contributed by atoms with Crippen molar-refractivity contribution in [2.24, 2.45) is 0 Å². The van der Waals surface area contributed by atoms with Crippen molar-refractivity contribution < 1.29 is 4.79 Å². The van der Waals surface area contributed by atoms with E-state index in [-0.39, 0.29) is 11.8 Å². The molecule has 0 radical (unpaired) electrons. The molecule has 1 aromatic rings. The van der Waals surface area contributed by atoms with Gasteiger partial charge in [0.15, 0.2) is 5.78 Å². The Morgan fingerprint density at radius 2 is 1.76 bits per heavy atom. The second-order valence-corrected chi connectivity index (χ2v) is 6.18. The van der Waals surface area contributed by atoms with Crippen LogP contribution in [0.25, 0.3) is 0 Å². The first-order valence-electron chi connectivity index (χ1n) is 7.87. The van der Waals surface area contributed by atoms with Gasteiger partial charge in [-0.05, 0) is 65.0 Å². The molecular formula is C18H30N2O. The van der Waals surface area contributed by atoms with Crippen LogP contribution in [-0.4, -0.2) is 55.4 Å². The molecule has 0 aliphatic heterocycles. The highest BCUT2D eigenvalue weighted by atomic mass is 16.1. The van der Waals surface area contributed by atoms with E-state index in [1.165, 1.54) is 11.1 Å². The normalized spacial score (nSPS) is 13.0. The Hall–Kier alpha value is -1.19. The van der Waals surface area contributed by atoms with E-state index in [0.29, 0.717) is 0 Å². The molecule has 3 nitrogen and oxygen atoms in total. The molecule has 3 heteroatoms. The summed E-state index contributed by atoms with van der Waals surface area (Å²) in [7, 11) is 4.14. The van der Waals surface area contributed by atoms with Gasteiger partial charge in [0.25, 0.3) is 0 Å². The molecule has 0 saturated heterocycles. The molecule has 21 heavy (non-hydrogen) atoms. The average Bonchev–Trinajstić information content (AvgIpc) is 2.44. The van der Waals surface area contributed by atoms with Gasteiger partial charge in [0.2, 0.25) is 0 Å². The molecule has 0 bridgehead atoms. The van der Waals surface area contributed by atoms with Crippen molar-refractivity contribution in [3.63, 3.8) is 0 Å². The number of hydrogen-bond acceptors (Lipinski definition) is 3. The van der Waals surface area contributed by atoms with Gasteiger partial charge in [0.05, 0.1) is 6.04 Å². The maximum atomic E-state index is 12.7. The Morgan fingerprint density at radius 3 is 2.29 bits per heavy atom. The van der Waals surface area contributed by atoms with Gasteiger partial charge < -0.3 is 4.90 Å². The fourth-order valence-corrected chi connectivity index (χ4v) is 2.42. The molecule has 0 fully saturated rings. The molecule has 0 spiro atoms. The van der Waals surface area contributed by atoms with E-state index in [1.807, 2.05) is 25.1 Å². The Morgan fingerprint density at radius 1 is 1.10 bits per heavy atom. The smallest absolute Gasteiger partial charge is 0.179 e. The lowest BCUT2D eigenvalue weighted by atomic mass is 9.99. The van der Waals surface area contributed by atoms with Crippen molar-refractivity contribution >= 4 is 5.78 Å². The van der Waals surface area contributed by atoms with Gasteiger partial charge in [-0.15, -0.1) is 0 Å². The zero-order chi connectivity index (χ0) is 16.0. The van der Waals surface area contributed by atoms with Crippen molar-refractivity contribution in [2.75, 3.05) is 33.7 Å². The molecule has 118 valence electrons. The second-order valence-electron chi connectivity index (χ2n) is 6.18. The standard InChI is InChI=1S/C18H30N2O/c1-7-10-20(12-11-19(5)6)16(4)18(21)17-9-8-14(2)15(3)13-17/h8-9,13,16H,7,10-12H2,1-6H3. The number of carbonyl (C=O) groups excluding carboxylic acids is 1. The SMILES string of the molecule is CCCN(CCN(C)C)C(C)C(=O)c1ccc(C)c(C)c1. The van der Waals surface area contributed by atoms with E-state index in [9.17, 15) is 4.79 Å². The van der Waals surface area contributed by atoms with E-state index in [1.54, 1.807) is 0 Å². The average molecular weight is 290 g/mol. The molecule has 1 aromatic carbocycles. The topological polar surface area (TPSA) is 23.6 Å². The predicted octanol–water partition coefficient (Wildman–Crippen LogP) is 3.15. The zero-order valence-corrected chi connectivity index (χ0v) is 14.4. The molecule has 0 aliphatic rings. The number of rotatable bonds is 8. The minimum atomic E-state index is -0.0630. The Kier molecular flexibility index (Phi) is 7.06. The van der Waals surface area contributed by atoms with Gasteiger partial charge in [-0.1, -0.05) is 19.1 Å². The minimum Gasteiger partial charge on any atom is -0.308 e. The maximum absolute atomic E-state index is 12.7. The third kappa shape index (κ3) is 5.25. The van der Waals surface area contributed by atoms with Crippen LogP contribution >= 0.6 is 0 Å². The first kappa shape index (κ1) is 17.9. The minimum absolute atomic E-state index is 0.0630. The summed E-state index contributed by atoms with van der Waals surface area (Å²) in [4.78, 5) is 17.2. The van der Waals surface area contributed by atoms with Crippen molar-refractivity contribution in [1.29, 1.82) is 0 Å². The summed E-state index contributed by atoms with van der Waals surface area (Å²) in [6, 6.07) is 5.95. The Bertz CT molecular complexity index is 468. The summed E-state index contributed by atoms with van der Waals surface area (Å²) in [6.45, 7) is 11.2. The van der Waals surface area contributed by atoms with Crippen LogP contribution in [0, 0.1) is 13.8 Å². The Balaban J connectivity index is 2.83. The molecule has 0 saturated carbocycles. The molecule has 0 N–H and O–H groups in total. The molecule has 0 aromatic heterocycles. The van der Waals surface area contributed by atoms with Gasteiger partial charge in [-0.25, -0.2) is 0 Å². The van der Waals surface area contributed by atoms with Crippen molar-refractivity contribution in [3.8, 4) is 0 Å². The van der Waals surface area contributed by atoms with Crippen molar-refractivity contribution in [2.45, 2.75) is 40.2 Å². The Labute approximate surface area is 129 Å². The summed E-state index contributed by atoms with van der Waals surface area (Å²) in [5, 5.41) is 0. The number of nitrogens with zero attached hydrogens (tertiary/aromatic N) is 2. The number of carbonyl (C=O) groups is 1. The lowest BCUT2D eigenvalue weighted by Crippen LogP contribution is -2.43. The molecule has 1 unspecified atom stereocenters. The molecule has 0 aliphatic carbocycles. The second kappa shape index (κ2) is 8.30. The highest BCUT2D eigenvalue weighted by Gasteiger charge is 2.22. The first-order valence-corrected chi connectivity index (χ1v) is 7.87. The summed E-state index contributed by atoms with van der Waals surface area (Å²) in [5.74, 6) is 0.227. The molecule has 0 amide bonds. The van der Waals surface area contributed by atoms with E-state index in [4.69, 9.17) is 0 Å². The number of hydrogen-bond donors (Lipinski definition) is 0. The third-order valence-corrected chi connectivity index (χ3v) is 4.06. The quantitative estimate of drug-likeness (QED) is 0.687. The van der Waals surface area contributed by atoms with E-state index in [2.05, 4.69) is 44.7 Å². The van der Waals surface area contributed by atoms with Crippen LogP contribution in [0.3, 0.4) is 0 Å². The van der Waals surface area contributed by atoms with Gasteiger partial charge in [0, 0.05) is 18.7 Å². The van der Waals surface area contributed by atoms with Crippen molar-refractivity contribution in [1.82, 2.24) is 9.80 Å². The number of Topliss-reactive ketones (excluding diaryl/α,β-unsaturated/α-hetero) is 1. The monoisotopic (exact) mass is 290 g/mol. The maximum Gasteiger partial charge on any atom is 0.179 e. The fourth-order valence-electron chi connectivity index (χ4n) is 2.42. The first-order chi connectivity index (χ1) is 9.86. The molecule has 0 heterocycles. The number of benzene rings is 1. The summed E-state index contributed by atoms with van der Waals surface area (Å²) >= 11 is 0. The number of ketones is 1. The van der Waals surface area contributed by atoms with Gasteiger partial charge in [-0.3, -0.25) is 9.69 Å². The zero-order valence-electron chi connectivity index (χ0n) is 14.4. The van der Waals surface area contributed by atoms with E-state index >= 15 is 0 Å². The van der Waals surface area contributed by atoms with Crippen LogP contribution in [0.15, 0.2) is 18.2 Å². The third-order valence-electron chi connectivity index (χ3n) is 4.06. The van der Waals surface area contributed by atoms with Gasteiger partial charge in [-0.2, -0.15) is 0 Å². The lowest BCUT2D eigenvalue weighted by molar-refractivity contribution is 0.0828. The van der Waals surface area contributed by atoms with E-state index in [0.717, 1.165) is 31.6 Å². The lowest BCUT2D eigenvalue weighted by Gasteiger charge is -2.29. The highest BCUT2D eigenvalue weighted by molar-refractivity contribution is 6.00. The highest BCUT2D eigenvalue weighted by Crippen LogP contribution is 2.14. The summed E-state index contributed by atoms with van der Waals surface area (Å²) in [5.41, 5.74) is 3.25. The van der Waals surface area contributed by atoms with E-state index < -0.39 is 0 Å². The molecule has 1 atom stereocenters. The summed E-state index contributed by atoms with van der Waals surface area (Å²) in [6.07, 6.45) is 1.07. The van der Waals surface area contributed by atoms with Crippen LogP contribution in [0.1, 0.15) is 41.8 Å². The van der Waals surface area contributed by atoms with Gasteiger partial charge >= 0.3 is 0 Å². The molecular weight excluding hydrogens is 260 g/mol. The summed E-state index contributed by atoms with van der Waals surface area (Å²) < 4.78 is 0. The number of aryl methyl sites for hydroxylation is 2. The fraction of sp³-hybridized carbons (Fsp3) is 0.611. The van der Waals surface area contributed by atoms with Crippen LogP contribution in [0.4, 0.5) is 0 Å². The molecule has 1 rings (SSSR count). The van der Waals surface area contributed by atoms with Crippen LogP contribution in [-0.2, 0) is 0 Å². The van der Waals surface area contributed by atoms with Crippen LogP contribution < -0.4 is 0 Å². The predicted molar refractivity (Wildman–Crippen MR) is 90.1 cm³/mol. The van der Waals surface area contributed by atoms with Crippen LogP contribution in [0.2, 0.25) is 0 Å². The number of likely N-dealkylation sites (N-methyl/N-ethyl adjacent to an activating group) is 1. The van der Waals surface area contributed by atoms with Crippen molar-refractivity contribution in [3.05, 3.63) is 34.9 Å². The van der Waals surface area contributed by atoms with Crippen LogP contribution in [0.5, 0.6) is 0 Å². The van der Waals surface area contributed by atoms with Gasteiger partial charge in [0.1, 0.15) is 0 Å².